The topological polar surface area (TPSA) is 56.3 Å². The molecule has 2 aromatic carbocycles. The van der Waals surface area contributed by atoms with Crippen molar-refractivity contribution in [2.24, 2.45) is 0 Å². The second kappa shape index (κ2) is 8.56. The van der Waals surface area contributed by atoms with Gasteiger partial charge in [-0.1, -0.05) is 53.4 Å². The SMILES string of the molecule is COc1ccccc1OCCSc1nnc(Nc2ccccc2)s1. The van der Waals surface area contributed by atoms with Crippen LogP contribution in [0.2, 0.25) is 0 Å². The average molecular weight is 359 g/mol. The van der Waals surface area contributed by atoms with Gasteiger partial charge in [-0.15, -0.1) is 10.2 Å². The van der Waals surface area contributed by atoms with E-state index in [2.05, 4.69) is 15.5 Å². The summed E-state index contributed by atoms with van der Waals surface area (Å²) >= 11 is 3.15. The molecule has 0 aliphatic carbocycles. The normalized spacial score (nSPS) is 10.4. The molecule has 1 N–H and O–H groups in total. The minimum atomic E-state index is 0.575. The van der Waals surface area contributed by atoms with Crippen molar-refractivity contribution in [3.63, 3.8) is 0 Å². The van der Waals surface area contributed by atoms with Crippen LogP contribution in [0.15, 0.2) is 58.9 Å². The Morgan fingerprint density at radius 1 is 1.00 bits per heavy atom. The molecule has 124 valence electrons. The predicted octanol–water partition coefficient (Wildman–Crippen LogP) is 4.46. The average Bonchev–Trinajstić information content (AvgIpc) is 3.07. The van der Waals surface area contributed by atoms with Crippen molar-refractivity contribution >= 4 is 33.9 Å². The number of hydrogen-bond donors (Lipinski definition) is 1. The van der Waals surface area contributed by atoms with Gasteiger partial charge in [0.15, 0.2) is 15.8 Å². The lowest BCUT2D eigenvalue weighted by atomic mass is 10.3. The fourth-order valence-electron chi connectivity index (χ4n) is 1.98. The van der Waals surface area contributed by atoms with E-state index in [1.807, 2.05) is 54.6 Å². The van der Waals surface area contributed by atoms with Gasteiger partial charge in [0.1, 0.15) is 0 Å². The number of rotatable bonds is 8. The van der Waals surface area contributed by atoms with Crippen LogP contribution >= 0.6 is 23.1 Å². The predicted molar refractivity (Wildman–Crippen MR) is 98.8 cm³/mol. The van der Waals surface area contributed by atoms with E-state index in [0.717, 1.165) is 32.4 Å². The van der Waals surface area contributed by atoms with E-state index >= 15 is 0 Å². The zero-order valence-electron chi connectivity index (χ0n) is 13.1. The fraction of sp³-hybridized carbons (Fsp3) is 0.176. The first-order chi connectivity index (χ1) is 11.8. The molecule has 0 aliphatic heterocycles. The third-order valence-electron chi connectivity index (χ3n) is 3.07. The van der Waals surface area contributed by atoms with Gasteiger partial charge in [0.25, 0.3) is 0 Å². The summed E-state index contributed by atoms with van der Waals surface area (Å²) in [4.78, 5) is 0. The standard InChI is InChI=1S/C17H17N3O2S2/c1-21-14-9-5-6-10-15(14)22-11-12-23-17-20-19-16(24-17)18-13-7-3-2-4-8-13/h2-10H,11-12H2,1H3,(H,18,19). The molecule has 1 aromatic heterocycles. The number of methoxy groups -OCH3 is 1. The molecule has 7 heteroatoms. The van der Waals surface area contributed by atoms with E-state index in [1.54, 1.807) is 18.9 Å². The molecule has 3 aromatic rings. The highest BCUT2D eigenvalue weighted by molar-refractivity contribution is 8.01. The third-order valence-corrected chi connectivity index (χ3v) is 5.00. The first-order valence-electron chi connectivity index (χ1n) is 7.39. The van der Waals surface area contributed by atoms with Gasteiger partial charge in [0.05, 0.1) is 13.7 Å². The van der Waals surface area contributed by atoms with E-state index in [0.29, 0.717) is 6.61 Å². The Kier molecular flexibility index (Phi) is 5.92. The van der Waals surface area contributed by atoms with Crippen molar-refractivity contribution < 1.29 is 9.47 Å². The largest absolute Gasteiger partial charge is 0.493 e. The van der Waals surface area contributed by atoms with Crippen molar-refractivity contribution in [3.8, 4) is 11.5 Å². The molecule has 0 saturated carbocycles. The van der Waals surface area contributed by atoms with Crippen molar-refractivity contribution in [2.75, 3.05) is 24.8 Å². The summed E-state index contributed by atoms with van der Waals surface area (Å²) in [6.45, 7) is 0.575. The number of hydrogen-bond acceptors (Lipinski definition) is 7. The molecule has 0 fully saturated rings. The number of aromatic nitrogens is 2. The van der Waals surface area contributed by atoms with E-state index < -0.39 is 0 Å². The summed E-state index contributed by atoms with van der Waals surface area (Å²) in [6.07, 6.45) is 0. The number of ether oxygens (including phenoxy) is 2. The first-order valence-corrected chi connectivity index (χ1v) is 9.19. The molecule has 3 rings (SSSR count). The maximum Gasteiger partial charge on any atom is 0.210 e. The molecule has 0 amide bonds. The van der Waals surface area contributed by atoms with Gasteiger partial charge >= 0.3 is 0 Å². The Morgan fingerprint density at radius 3 is 2.54 bits per heavy atom. The maximum atomic E-state index is 5.75. The van der Waals surface area contributed by atoms with Gasteiger partial charge in [-0.2, -0.15) is 0 Å². The van der Waals surface area contributed by atoms with E-state index in [-0.39, 0.29) is 0 Å². The molecule has 0 bridgehead atoms. The Balaban J connectivity index is 1.46. The molecule has 0 unspecified atom stereocenters. The number of nitrogens with zero attached hydrogens (tertiary/aromatic N) is 2. The first kappa shape index (κ1) is 16.6. The molecule has 24 heavy (non-hydrogen) atoms. The number of benzene rings is 2. The highest BCUT2D eigenvalue weighted by atomic mass is 32.2. The van der Waals surface area contributed by atoms with E-state index in [9.17, 15) is 0 Å². The van der Waals surface area contributed by atoms with Crippen molar-refractivity contribution in [2.45, 2.75) is 4.34 Å². The van der Waals surface area contributed by atoms with Crippen LogP contribution < -0.4 is 14.8 Å². The van der Waals surface area contributed by atoms with Crippen LogP contribution in [-0.2, 0) is 0 Å². The van der Waals surface area contributed by atoms with Crippen LogP contribution in [0.3, 0.4) is 0 Å². The molecular formula is C17H17N3O2S2. The molecule has 0 saturated heterocycles. The molecule has 0 atom stereocenters. The Morgan fingerprint density at radius 2 is 1.75 bits per heavy atom. The van der Waals surface area contributed by atoms with Crippen molar-refractivity contribution in [1.29, 1.82) is 0 Å². The Hall–Kier alpha value is -2.25. The Labute approximate surface area is 149 Å². The number of para-hydroxylation sites is 3. The van der Waals surface area contributed by atoms with Gasteiger partial charge < -0.3 is 14.8 Å². The maximum absolute atomic E-state index is 5.75. The quantitative estimate of drug-likeness (QED) is 0.473. The summed E-state index contributed by atoms with van der Waals surface area (Å²) in [7, 11) is 1.64. The molecule has 0 spiro atoms. The zero-order chi connectivity index (χ0) is 16.6. The van der Waals surface area contributed by atoms with Gasteiger partial charge in [-0.3, -0.25) is 0 Å². The number of thioether (sulfide) groups is 1. The molecular weight excluding hydrogens is 342 g/mol. The monoisotopic (exact) mass is 359 g/mol. The minimum absolute atomic E-state index is 0.575. The fourth-order valence-corrected chi connectivity index (χ4v) is 3.64. The second-order valence-corrected chi connectivity index (χ2v) is 7.03. The van der Waals surface area contributed by atoms with Gasteiger partial charge in [0, 0.05) is 11.4 Å². The second-order valence-electron chi connectivity index (χ2n) is 4.71. The highest BCUT2D eigenvalue weighted by Gasteiger charge is 2.06. The zero-order valence-corrected chi connectivity index (χ0v) is 14.8. The summed E-state index contributed by atoms with van der Waals surface area (Å²) in [5, 5.41) is 12.4. The van der Waals surface area contributed by atoms with Crippen LogP contribution in [0.5, 0.6) is 11.5 Å². The third kappa shape index (κ3) is 4.62. The van der Waals surface area contributed by atoms with Crippen LogP contribution in [0.4, 0.5) is 10.8 Å². The lowest BCUT2D eigenvalue weighted by Crippen LogP contribution is -2.01. The molecule has 5 nitrogen and oxygen atoms in total. The van der Waals surface area contributed by atoms with E-state index in [1.165, 1.54) is 11.3 Å². The van der Waals surface area contributed by atoms with Crippen LogP contribution in [-0.4, -0.2) is 29.7 Å². The van der Waals surface area contributed by atoms with Crippen LogP contribution in [0.1, 0.15) is 0 Å². The van der Waals surface area contributed by atoms with Gasteiger partial charge in [-0.25, -0.2) is 0 Å². The van der Waals surface area contributed by atoms with Crippen molar-refractivity contribution in [3.05, 3.63) is 54.6 Å². The van der Waals surface area contributed by atoms with Crippen LogP contribution in [0.25, 0.3) is 0 Å². The molecule has 1 heterocycles. The Bertz CT molecular complexity index is 765. The van der Waals surface area contributed by atoms with Gasteiger partial charge in [-0.05, 0) is 24.3 Å². The summed E-state index contributed by atoms with van der Waals surface area (Å²) < 4.78 is 11.9. The van der Waals surface area contributed by atoms with Gasteiger partial charge in [0.2, 0.25) is 5.13 Å². The number of anilines is 2. The lowest BCUT2D eigenvalue weighted by molar-refractivity contribution is 0.313. The number of nitrogens with one attached hydrogen (secondary N) is 1. The summed E-state index contributed by atoms with van der Waals surface area (Å²) in [5.74, 6) is 2.29. The van der Waals surface area contributed by atoms with E-state index in [4.69, 9.17) is 9.47 Å². The highest BCUT2D eigenvalue weighted by Crippen LogP contribution is 2.29. The van der Waals surface area contributed by atoms with Crippen molar-refractivity contribution in [1.82, 2.24) is 10.2 Å². The minimum Gasteiger partial charge on any atom is -0.493 e. The summed E-state index contributed by atoms with van der Waals surface area (Å²) in [6, 6.07) is 17.6. The smallest absolute Gasteiger partial charge is 0.210 e. The lowest BCUT2D eigenvalue weighted by Gasteiger charge is -2.09. The summed E-state index contributed by atoms with van der Waals surface area (Å²) in [5.41, 5.74) is 1.00. The van der Waals surface area contributed by atoms with Crippen LogP contribution in [0, 0.1) is 0 Å². The molecule has 0 radical (unpaired) electrons. The molecule has 0 aliphatic rings.